The predicted octanol–water partition coefficient (Wildman–Crippen LogP) is 5.48. The van der Waals surface area contributed by atoms with Gasteiger partial charge in [0.1, 0.15) is 5.82 Å². The average molecular weight is 420 g/mol. The zero-order valence-corrected chi connectivity index (χ0v) is 16.9. The molecule has 0 saturated heterocycles. The van der Waals surface area contributed by atoms with Crippen LogP contribution in [0.25, 0.3) is 0 Å². The fourth-order valence-electron chi connectivity index (χ4n) is 3.41. The highest BCUT2D eigenvalue weighted by Gasteiger charge is 2.43. The van der Waals surface area contributed by atoms with Crippen molar-refractivity contribution in [2.75, 3.05) is 5.32 Å². The molecule has 4 nitrogen and oxygen atoms in total. The largest absolute Gasteiger partial charge is 0.300 e. The fraction of sp³-hybridized carbons (Fsp3) is 0.316. The topological polar surface area (TPSA) is 54.9 Å². The van der Waals surface area contributed by atoms with Gasteiger partial charge in [-0.05, 0) is 35.9 Å². The van der Waals surface area contributed by atoms with Crippen LogP contribution in [-0.4, -0.2) is 16.1 Å². The van der Waals surface area contributed by atoms with E-state index in [0.29, 0.717) is 20.8 Å². The second kappa shape index (κ2) is 8.08. The summed E-state index contributed by atoms with van der Waals surface area (Å²) in [7, 11) is 0. The normalized spacial score (nSPS) is 15.7. The molecule has 2 heterocycles. The molecule has 4 rings (SSSR count). The molecule has 1 fully saturated rings. The quantitative estimate of drug-likeness (QED) is 0.424. The number of nitrogens with one attached hydrogen (secondary N) is 1. The van der Waals surface area contributed by atoms with E-state index in [1.54, 1.807) is 23.5 Å². The van der Waals surface area contributed by atoms with Crippen LogP contribution in [0.5, 0.6) is 0 Å². The van der Waals surface area contributed by atoms with E-state index in [-0.39, 0.29) is 11.7 Å². The number of carbonyl (C=O) groups excluding carboxylic acids is 1. The van der Waals surface area contributed by atoms with E-state index in [4.69, 9.17) is 0 Å². The molecule has 2 aromatic heterocycles. The highest BCUT2D eigenvalue weighted by molar-refractivity contribution is 8.00. The number of halogens is 1. The standard InChI is InChI=1S/C19H18FN3OS3/c20-14-7-2-1-6-13(14)12-26-18-23-22-17(27-18)21-16(24)19(9-3-4-10-19)15-8-5-11-25-15/h1-2,5-8,11H,3-4,9-10,12H2,(H,21,22,24). The van der Waals surface area contributed by atoms with Crippen LogP contribution in [0.15, 0.2) is 46.1 Å². The van der Waals surface area contributed by atoms with E-state index in [0.717, 1.165) is 30.6 Å². The van der Waals surface area contributed by atoms with E-state index >= 15 is 0 Å². The molecule has 1 amide bonds. The van der Waals surface area contributed by atoms with Crippen molar-refractivity contribution in [1.29, 1.82) is 0 Å². The van der Waals surface area contributed by atoms with Crippen molar-refractivity contribution in [1.82, 2.24) is 10.2 Å². The summed E-state index contributed by atoms with van der Waals surface area (Å²) in [5.74, 6) is 0.264. The third-order valence-electron chi connectivity index (χ3n) is 4.82. The zero-order valence-electron chi connectivity index (χ0n) is 14.5. The van der Waals surface area contributed by atoms with Crippen LogP contribution >= 0.6 is 34.4 Å². The highest BCUT2D eigenvalue weighted by atomic mass is 32.2. The number of thiophene rings is 1. The number of anilines is 1. The van der Waals surface area contributed by atoms with Crippen LogP contribution in [-0.2, 0) is 16.0 Å². The first-order chi connectivity index (χ1) is 13.2. The molecule has 0 atom stereocenters. The Labute approximate surface area is 169 Å². The maximum atomic E-state index is 13.7. The van der Waals surface area contributed by atoms with Crippen molar-refractivity contribution in [3.63, 3.8) is 0 Å². The Morgan fingerprint density at radius 2 is 2.00 bits per heavy atom. The first-order valence-corrected chi connectivity index (χ1v) is 11.4. The minimum absolute atomic E-state index is 0.00394. The Hall–Kier alpha value is -1.77. The van der Waals surface area contributed by atoms with Crippen molar-refractivity contribution < 1.29 is 9.18 Å². The van der Waals surface area contributed by atoms with Crippen LogP contribution < -0.4 is 5.32 Å². The van der Waals surface area contributed by atoms with Crippen LogP contribution in [0.3, 0.4) is 0 Å². The number of hydrogen-bond donors (Lipinski definition) is 1. The molecule has 0 aliphatic heterocycles. The second-order valence-corrected chi connectivity index (χ2v) is 9.62. The Bertz CT molecular complexity index is 920. The molecule has 0 unspecified atom stereocenters. The number of hydrogen-bond acceptors (Lipinski definition) is 6. The zero-order chi connectivity index (χ0) is 18.7. The van der Waals surface area contributed by atoms with Gasteiger partial charge < -0.3 is 0 Å². The van der Waals surface area contributed by atoms with Gasteiger partial charge in [0.25, 0.3) is 0 Å². The lowest BCUT2D eigenvalue weighted by Gasteiger charge is -2.25. The summed E-state index contributed by atoms with van der Waals surface area (Å²) in [5, 5.41) is 13.7. The van der Waals surface area contributed by atoms with Gasteiger partial charge in [0.2, 0.25) is 11.0 Å². The van der Waals surface area contributed by atoms with Gasteiger partial charge in [-0.3, -0.25) is 10.1 Å². The molecule has 1 aliphatic carbocycles. The molecule has 1 N–H and O–H groups in total. The molecule has 3 aromatic rings. The molecule has 0 spiro atoms. The third kappa shape index (κ3) is 3.93. The SMILES string of the molecule is O=C(Nc1nnc(SCc2ccccc2F)s1)C1(c2cccs2)CCCC1. The molecule has 1 aliphatic rings. The minimum Gasteiger partial charge on any atom is -0.300 e. The lowest BCUT2D eigenvalue weighted by Crippen LogP contribution is -2.37. The van der Waals surface area contributed by atoms with Gasteiger partial charge in [-0.15, -0.1) is 21.5 Å². The van der Waals surface area contributed by atoms with Crippen LogP contribution in [0.1, 0.15) is 36.1 Å². The monoisotopic (exact) mass is 419 g/mol. The molecular formula is C19H18FN3OS3. The molecule has 0 radical (unpaired) electrons. The van der Waals surface area contributed by atoms with Gasteiger partial charge in [-0.2, -0.15) is 0 Å². The van der Waals surface area contributed by atoms with Gasteiger partial charge in [0.05, 0.1) is 5.41 Å². The van der Waals surface area contributed by atoms with Crippen molar-refractivity contribution >= 4 is 45.5 Å². The summed E-state index contributed by atoms with van der Waals surface area (Å²) in [4.78, 5) is 14.2. The number of aromatic nitrogens is 2. The summed E-state index contributed by atoms with van der Waals surface area (Å²) in [6.07, 6.45) is 3.86. The minimum atomic E-state index is -0.444. The average Bonchev–Trinajstić information content (AvgIpc) is 3.42. The molecule has 0 bridgehead atoms. The van der Waals surface area contributed by atoms with Gasteiger partial charge in [0, 0.05) is 10.6 Å². The Balaban J connectivity index is 1.43. The van der Waals surface area contributed by atoms with E-state index in [9.17, 15) is 9.18 Å². The van der Waals surface area contributed by atoms with E-state index in [2.05, 4.69) is 15.5 Å². The van der Waals surface area contributed by atoms with Crippen LogP contribution in [0.2, 0.25) is 0 Å². The number of thioether (sulfide) groups is 1. The van der Waals surface area contributed by atoms with Crippen LogP contribution in [0, 0.1) is 5.82 Å². The first-order valence-electron chi connectivity index (χ1n) is 8.72. The highest BCUT2D eigenvalue weighted by Crippen LogP contribution is 2.44. The maximum absolute atomic E-state index is 13.7. The van der Waals surface area contributed by atoms with E-state index < -0.39 is 5.41 Å². The number of amides is 1. The second-order valence-electron chi connectivity index (χ2n) is 6.47. The van der Waals surface area contributed by atoms with Gasteiger partial charge in [0.15, 0.2) is 4.34 Å². The van der Waals surface area contributed by atoms with Crippen molar-refractivity contribution in [2.24, 2.45) is 0 Å². The first kappa shape index (κ1) is 18.6. The molecule has 1 aromatic carbocycles. The summed E-state index contributed by atoms with van der Waals surface area (Å²) in [6.45, 7) is 0. The molecule has 8 heteroatoms. The third-order valence-corrected chi connectivity index (χ3v) is 7.92. The molecular weight excluding hydrogens is 401 g/mol. The molecule has 27 heavy (non-hydrogen) atoms. The molecule has 1 saturated carbocycles. The predicted molar refractivity (Wildman–Crippen MR) is 109 cm³/mol. The number of rotatable bonds is 6. The Morgan fingerprint density at radius 3 is 2.74 bits per heavy atom. The summed E-state index contributed by atoms with van der Waals surface area (Å²) >= 11 is 4.39. The maximum Gasteiger partial charge on any atom is 0.237 e. The lowest BCUT2D eigenvalue weighted by molar-refractivity contribution is -0.121. The van der Waals surface area contributed by atoms with Crippen molar-refractivity contribution in [3.05, 3.63) is 58.0 Å². The Morgan fingerprint density at radius 1 is 1.19 bits per heavy atom. The van der Waals surface area contributed by atoms with E-state index in [1.165, 1.54) is 29.2 Å². The Kier molecular flexibility index (Phi) is 5.56. The van der Waals surface area contributed by atoms with E-state index in [1.807, 2.05) is 23.6 Å². The van der Waals surface area contributed by atoms with Gasteiger partial charge in [-0.25, -0.2) is 4.39 Å². The number of benzene rings is 1. The van der Waals surface area contributed by atoms with Gasteiger partial charge >= 0.3 is 0 Å². The van der Waals surface area contributed by atoms with Crippen LogP contribution in [0.4, 0.5) is 9.52 Å². The summed E-state index contributed by atoms with van der Waals surface area (Å²) < 4.78 is 14.4. The lowest BCUT2D eigenvalue weighted by atomic mass is 9.83. The fourth-order valence-corrected chi connectivity index (χ4v) is 6.12. The number of nitrogens with zero attached hydrogens (tertiary/aromatic N) is 2. The summed E-state index contributed by atoms with van der Waals surface area (Å²) in [6, 6.07) is 10.7. The summed E-state index contributed by atoms with van der Waals surface area (Å²) in [5.41, 5.74) is 0.186. The smallest absolute Gasteiger partial charge is 0.237 e. The van der Waals surface area contributed by atoms with Gasteiger partial charge in [-0.1, -0.05) is 60.2 Å². The van der Waals surface area contributed by atoms with Crippen molar-refractivity contribution in [2.45, 2.75) is 41.2 Å². The molecule has 140 valence electrons. The number of carbonyl (C=O) groups is 1. The van der Waals surface area contributed by atoms with Crippen molar-refractivity contribution in [3.8, 4) is 0 Å².